The quantitative estimate of drug-likeness (QED) is 0.317. The predicted molar refractivity (Wildman–Crippen MR) is 143 cm³/mol. The van der Waals surface area contributed by atoms with Gasteiger partial charge in [0.25, 0.3) is 0 Å². The molecule has 8 nitrogen and oxygen atoms in total. The molecule has 1 aliphatic heterocycles. The average Bonchev–Trinajstić information content (AvgIpc) is 3.48. The van der Waals surface area contributed by atoms with Crippen molar-refractivity contribution < 1.29 is 13.9 Å². The summed E-state index contributed by atoms with van der Waals surface area (Å²) in [5, 5.41) is 5.98. The van der Waals surface area contributed by atoms with E-state index in [9.17, 15) is 9.18 Å². The van der Waals surface area contributed by atoms with Crippen molar-refractivity contribution in [2.24, 2.45) is 7.05 Å². The lowest BCUT2D eigenvalue weighted by Gasteiger charge is -2.14. The minimum Gasteiger partial charge on any atom is -0.457 e. The highest BCUT2D eigenvalue weighted by atomic mass is 19.1. The number of aryl methyl sites for hydroxylation is 1. The summed E-state index contributed by atoms with van der Waals surface area (Å²) in [6.45, 7) is 6.42. The Morgan fingerprint density at radius 3 is 2.65 bits per heavy atom. The SMILES string of the molecule is CC(C)c1ccc(F)c(Nc2nc3cc(Oc4ccnc(NC(=O)CN5CCCC5)c4)ccc3n2C)c1. The van der Waals surface area contributed by atoms with E-state index in [1.807, 2.05) is 35.9 Å². The zero-order valence-corrected chi connectivity index (χ0v) is 21.3. The first kappa shape index (κ1) is 24.7. The second-order valence-electron chi connectivity index (χ2n) is 9.67. The van der Waals surface area contributed by atoms with Crippen molar-refractivity contribution in [2.45, 2.75) is 32.6 Å². The normalized spacial score (nSPS) is 13.9. The number of benzene rings is 2. The van der Waals surface area contributed by atoms with Gasteiger partial charge in [0.15, 0.2) is 0 Å². The molecule has 192 valence electrons. The third-order valence-corrected chi connectivity index (χ3v) is 6.56. The monoisotopic (exact) mass is 502 g/mol. The number of halogens is 1. The molecule has 4 aromatic rings. The van der Waals surface area contributed by atoms with Crippen LogP contribution < -0.4 is 15.4 Å². The molecule has 2 aromatic heterocycles. The minimum absolute atomic E-state index is 0.0862. The first-order valence-corrected chi connectivity index (χ1v) is 12.5. The van der Waals surface area contributed by atoms with E-state index in [1.54, 1.807) is 24.4 Å². The van der Waals surface area contributed by atoms with Gasteiger partial charge in [-0.1, -0.05) is 19.9 Å². The Bertz CT molecular complexity index is 1430. The van der Waals surface area contributed by atoms with E-state index in [0.717, 1.165) is 37.0 Å². The van der Waals surface area contributed by atoms with E-state index in [0.29, 0.717) is 41.0 Å². The Labute approximate surface area is 215 Å². The molecule has 0 aliphatic carbocycles. The molecule has 37 heavy (non-hydrogen) atoms. The Hall–Kier alpha value is -3.98. The first-order chi connectivity index (χ1) is 17.9. The molecule has 1 amide bonds. The highest BCUT2D eigenvalue weighted by Crippen LogP contribution is 2.30. The number of hydrogen-bond donors (Lipinski definition) is 2. The molecule has 9 heteroatoms. The van der Waals surface area contributed by atoms with Crippen LogP contribution in [0.1, 0.15) is 38.2 Å². The summed E-state index contributed by atoms with van der Waals surface area (Å²) >= 11 is 0. The fourth-order valence-electron chi connectivity index (χ4n) is 4.48. The molecule has 2 N–H and O–H groups in total. The largest absolute Gasteiger partial charge is 0.457 e. The summed E-state index contributed by atoms with van der Waals surface area (Å²) in [4.78, 5) is 23.4. The molecule has 1 fully saturated rings. The number of anilines is 3. The summed E-state index contributed by atoms with van der Waals surface area (Å²) in [6.07, 6.45) is 3.87. The van der Waals surface area contributed by atoms with E-state index in [-0.39, 0.29) is 17.6 Å². The van der Waals surface area contributed by atoms with Crippen LogP contribution in [0.25, 0.3) is 11.0 Å². The predicted octanol–water partition coefficient (Wildman–Crippen LogP) is 5.80. The van der Waals surface area contributed by atoms with Gasteiger partial charge < -0.3 is 19.9 Å². The van der Waals surface area contributed by atoms with Gasteiger partial charge in [-0.2, -0.15) is 0 Å². The maximum absolute atomic E-state index is 14.5. The molecule has 2 aromatic carbocycles. The zero-order valence-electron chi connectivity index (χ0n) is 21.3. The summed E-state index contributed by atoms with van der Waals surface area (Å²) < 4.78 is 22.4. The van der Waals surface area contributed by atoms with Crippen molar-refractivity contribution in [1.29, 1.82) is 0 Å². The Morgan fingerprint density at radius 2 is 1.86 bits per heavy atom. The molecule has 3 heterocycles. The molecule has 0 bridgehead atoms. The van der Waals surface area contributed by atoms with Crippen molar-refractivity contribution >= 4 is 34.4 Å². The van der Waals surface area contributed by atoms with E-state index in [4.69, 9.17) is 4.74 Å². The summed E-state index contributed by atoms with van der Waals surface area (Å²) in [6, 6.07) is 14.1. The highest BCUT2D eigenvalue weighted by Gasteiger charge is 2.16. The van der Waals surface area contributed by atoms with Crippen molar-refractivity contribution in [3.8, 4) is 11.5 Å². The molecular weight excluding hydrogens is 471 g/mol. The second-order valence-corrected chi connectivity index (χ2v) is 9.67. The number of nitrogens with zero attached hydrogens (tertiary/aromatic N) is 4. The van der Waals surface area contributed by atoms with Crippen molar-refractivity contribution in [3.63, 3.8) is 0 Å². The standard InChI is InChI=1S/C28H31FN6O2/c1-18(2)19-6-8-22(29)23(14-19)31-28-32-24-15-20(7-9-25(24)34(28)3)37-21-10-11-30-26(16-21)33-27(36)17-35-12-4-5-13-35/h6-11,14-16,18H,4-5,12-13,17H2,1-3H3,(H,31,32)(H,30,33,36). The highest BCUT2D eigenvalue weighted by molar-refractivity contribution is 5.91. The van der Waals surface area contributed by atoms with E-state index in [2.05, 4.69) is 39.3 Å². The summed E-state index contributed by atoms with van der Waals surface area (Å²) in [5.74, 6) is 1.97. The van der Waals surface area contributed by atoms with Crippen LogP contribution >= 0.6 is 0 Å². The number of nitrogens with one attached hydrogen (secondary N) is 2. The van der Waals surface area contributed by atoms with Gasteiger partial charge in [0.2, 0.25) is 11.9 Å². The van der Waals surface area contributed by atoms with E-state index in [1.165, 1.54) is 6.07 Å². The lowest BCUT2D eigenvalue weighted by Crippen LogP contribution is -2.31. The molecule has 0 spiro atoms. The number of carbonyl (C=O) groups is 1. The van der Waals surface area contributed by atoms with Gasteiger partial charge in [-0.25, -0.2) is 14.4 Å². The van der Waals surface area contributed by atoms with Crippen LogP contribution in [0.3, 0.4) is 0 Å². The topological polar surface area (TPSA) is 84.3 Å². The van der Waals surface area contributed by atoms with Crippen molar-refractivity contribution in [3.05, 3.63) is 66.1 Å². The van der Waals surface area contributed by atoms with Gasteiger partial charge in [-0.05, 0) is 67.7 Å². The van der Waals surface area contributed by atoms with E-state index >= 15 is 0 Å². The van der Waals surface area contributed by atoms with Gasteiger partial charge in [-0.15, -0.1) is 0 Å². The van der Waals surface area contributed by atoms with Crippen LogP contribution in [0.5, 0.6) is 11.5 Å². The molecule has 0 saturated carbocycles. The van der Waals surface area contributed by atoms with Gasteiger partial charge >= 0.3 is 0 Å². The Kier molecular flexibility index (Phi) is 7.05. The van der Waals surface area contributed by atoms with Crippen LogP contribution in [0.2, 0.25) is 0 Å². The maximum atomic E-state index is 14.5. The number of fused-ring (bicyclic) bond motifs is 1. The van der Waals surface area contributed by atoms with Gasteiger partial charge in [0, 0.05) is 25.4 Å². The third-order valence-electron chi connectivity index (χ3n) is 6.56. The fraction of sp³-hybridized carbons (Fsp3) is 0.321. The third kappa shape index (κ3) is 5.72. The van der Waals surface area contributed by atoms with Crippen LogP contribution in [-0.4, -0.2) is 45.0 Å². The molecule has 0 radical (unpaired) electrons. The van der Waals surface area contributed by atoms with E-state index < -0.39 is 0 Å². The number of rotatable bonds is 8. The molecule has 5 rings (SSSR count). The minimum atomic E-state index is -0.332. The Balaban J connectivity index is 1.30. The van der Waals surface area contributed by atoms with Gasteiger partial charge in [0.1, 0.15) is 23.1 Å². The van der Waals surface area contributed by atoms with Gasteiger partial charge in [0.05, 0.1) is 23.3 Å². The number of ether oxygens (including phenoxy) is 1. The number of amides is 1. The fourth-order valence-corrected chi connectivity index (χ4v) is 4.48. The van der Waals surface area contributed by atoms with Crippen molar-refractivity contribution in [2.75, 3.05) is 30.3 Å². The molecular formula is C28H31FN6O2. The summed E-state index contributed by atoms with van der Waals surface area (Å²) in [7, 11) is 1.88. The number of pyridine rings is 1. The number of hydrogen-bond acceptors (Lipinski definition) is 6. The number of imidazole rings is 1. The molecule has 0 unspecified atom stereocenters. The van der Waals surface area contributed by atoms with Crippen LogP contribution in [0.15, 0.2) is 54.7 Å². The molecule has 1 saturated heterocycles. The van der Waals surface area contributed by atoms with Crippen LogP contribution in [-0.2, 0) is 11.8 Å². The lowest BCUT2D eigenvalue weighted by molar-refractivity contribution is -0.117. The summed E-state index contributed by atoms with van der Waals surface area (Å²) in [5.41, 5.74) is 3.01. The maximum Gasteiger partial charge on any atom is 0.239 e. The smallest absolute Gasteiger partial charge is 0.239 e. The number of likely N-dealkylation sites (tertiary alicyclic amines) is 1. The van der Waals surface area contributed by atoms with Gasteiger partial charge in [-0.3, -0.25) is 9.69 Å². The number of carbonyl (C=O) groups excluding carboxylic acids is 1. The number of aromatic nitrogens is 3. The first-order valence-electron chi connectivity index (χ1n) is 12.5. The van der Waals surface area contributed by atoms with Crippen LogP contribution in [0, 0.1) is 5.82 Å². The molecule has 0 atom stereocenters. The average molecular weight is 503 g/mol. The molecule has 1 aliphatic rings. The zero-order chi connectivity index (χ0) is 25.9. The Morgan fingerprint density at radius 1 is 1.08 bits per heavy atom. The van der Waals surface area contributed by atoms with Crippen molar-refractivity contribution in [1.82, 2.24) is 19.4 Å². The lowest BCUT2D eigenvalue weighted by atomic mass is 10.0. The van der Waals surface area contributed by atoms with Crippen LogP contribution in [0.4, 0.5) is 21.8 Å². The second kappa shape index (κ2) is 10.6.